The predicted molar refractivity (Wildman–Crippen MR) is 81.1 cm³/mol. The van der Waals surface area contributed by atoms with Crippen LogP contribution in [0.3, 0.4) is 0 Å². The lowest BCUT2D eigenvalue weighted by atomic mass is 10.1. The van der Waals surface area contributed by atoms with Gasteiger partial charge in [-0.05, 0) is 55.9 Å². The van der Waals surface area contributed by atoms with Gasteiger partial charge in [-0.15, -0.1) is 0 Å². The first-order valence-electron chi connectivity index (χ1n) is 6.90. The first-order chi connectivity index (χ1) is 9.17. The second kappa shape index (κ2) is 6.70. The number of aliphatic hydroxyl groups is 1. The molecule has 0 aliphatic rings. The van der Waals surface area contributed by atoms with Gasteiger partial charge < -0.3 is 5.11 Å². The summed E-state index contributed by atoms with van der Waals surface area (Å²) in [7, 11) is -3.55. The van der Waals surface area contributed by atoms with Crippen molar-refractivity contribution in [2.45, 2.75) is 58.6 Å². The smallest absolute Gasteiger partial charge is 0.241 e. The molecule has 0 saturated carbocycles. The number of aryl methyl sites for hydroxylation is 1. The number of rotatable bonds is 6. The molecule has 0 heterocycles. The number of hydrogen-bond acceptors (Lipinski definition) is 3. The minimum absolute atomic E-state index is 0.113. The third-order valence-electron chi connectivity index (χ3n) is 3.33. The molecule has 0 aliphatic heterocycles. The molecule has 4 nitrogen and oxygen atoms in total. The summed E-state index contributed by atoms with van der Waals surface area (Å²) < 4.78 is 27.7. The van der Waals surface area contributed by atoms with Crippen LogP contribution in [0.5, 0.6) is 0 Å². The van der Waals surface area contributed by atoms with E-state index in [0.717, 1.165) is 17.5 Å². The summed E-state index contributed by atoms with van der Waals surface area (Å²) in [4.78, 5) is 0.261. The zero-order valence-corrected chi connectivity index (χ0v) is 13.7. The van der Waals surface area contributed by atoms with Gasteiger partial charge in [0.05, 0.1) is 11.5 Å². The molecule has 0 bridgehead atoms. The van der Waals surface area contributed by atoms with Gasteiger partial charge in [0.25, 0.3) is 0 Å². The van der Waals surface area contributed by atoms with E-state index in [0.29, 0.717) is 11.5 Å². The van der Waals surface area contributed by atoms with Crippen LogP contribution in [-0.4, -0.2) is 19.6 Å². The summed E-state index contributed by atoms with van der Waals surface area (Å²) in [5, 5.41) is 9.23. The fraction of sp³-hybridized carbons (Fsp3) is 0.600. The highest BCUT2D eigenvalue weighted by Gasteiger charge is 2.21. The largest absolute Gasteiger partial charge is 0.392 e. The summed E-state index contributed by atoms with van der Waals surface area (Å²) in [6.45, 7) is 9.48. The molecule has 0 amide bonds. The van der Waals surface area contributed by atoms with Crippen molar-refractivity contribution in [3.8, 4) is 0 Å². The van der Waals surface area contributed by atoms with E-state index in [1.807, 2.05) is 19.9 Å². The Kier molecular flexibility index (Phi) is 5.74. The van der Waals surface area contributed by atoms with E-state index in [1.54, 1.807) is 13.0 Å². The van der Waals surface area contributed by atoms with Crippen molar-refractivity contribution in [1.82, 2.24) is 4.72 Å². The number of aliphatic hydroxyl groups excluding tert-OH is 1. The van der Waals surface area contributed by atoms with E-state index in [-0.39, 0.29) is 17.5 Å². The fourth-order valence-corrected chi connectivity index (χ4v) is 3.98. The highest BCUT2D eigenvalue weighted by Crippen LogP contribution is 2.22. The molecule has 0 spiro atoms. The molecule has 1 aromatic rings. The normalized spacial score (nSPS) is 13.8. The van der Waals surface area contributed by atoms with Gasteiger partial charge in [-0.2, -0.15) is 0 Å². The van der Waals surface area contributed by atoms with Gasteiger partial charge in [0, 0.05) is 6.04 Å². The molecule has 0 fully saturated rings. The van der Waals surface area contributed by atoms with Crippen LogP contribution in [-0.2, 0) is 16.6 Å². The monoisotopic (exact) mass is 299 g/mol. The number of sulfonamides is 1. The molecular weight excluding hydrogens is 274 g/mol. The zero-order valence-electron chi connectivity index (χ0n) is 12.9. The summed E-state index contributed by atoms with van der Waals surface area (Å²) in [6.07, 6.45) is 0.789. The molecule has 5 heteroatoms. The Labute approximate surface area is 122 Å². The van der Waals surface area contributed by atoms with E-state index < -0.39 is 10.0 Å². The van der Waals surface area contributed by atoms with Crippen LogP contribution in [0.15, 0.2) is 17.0 Å². The van der Waals surface area contributed by atoms with Crippen LogP contribution in [0, 0.1) is 19.8 Å². The van der Waals surface area contributed by atoms with Gasteiger partial charge >= 0.3 is 0 Å². The highest BCUT2D eigenvalue weighted by atomic mass is 32.2. The van der Waals surface area contributed by atoms with Gasteiger partial charge in [-0.3, -0.25) is 0 Å². The Balaban J connectivity index is 3.12. The number of benzene rings is 1. The van der Waals surface area contributed by atoms with Crippen molar-refractivity contribution in [1.29, 1.82) is 0 Å². The van der Waals surface area contributed by atoms with Crippen LogP contribution < -0.4 is 4.72 Å². The van der Waals surface area contributed by atoms with E-state index in [1.165, 1.54) is 0 Å². The third-order valence-corrected chi connectivity index (χ3v) is 5.05. The van der Waals surface area contributed by atoms with Gasteiger partial charge in [0.2, 0.25) is 10.0 Å². The second-order valence-corrected chi connectivity index (χ2v) is 7.53. The fourth-order valence-electron chi connectivity index (χ4n) is 2.35. The van der Waals surface area contributed by atoms with Crippen molar-refractivity contribution in [2.75, 3.05) is 0 Å². The molecule has 20 heavy (non-hydrogen) atoms. The molecule has 0 aliphatic carbocycles. The minimum atomic E-state index is -3.55. The third kappa shape index (κ3) is 4.30. The molecule has 1 rings (SSSR count). The number of hydrogen-bond donors (Lipinski definition) is 2. The summed E-state index contributed by atoms with van der Waals surface area (Å²) in [5.41, 5.74) is 2.21. The van der Waals surface area contributed by atoms with Crippen molar-refractivity contribution < 1.29 is 13.5 Å². The SMILES string of the molecule is Cc1cc(CO)cc(S(=O)(=O)NC(C)CC(C)C)c1C. The predicted octanol–water partition coefficient (Wildman–Crippen LogP) is 2.51. The quantitative estimate of drug-likeness (QED) is 0.848. The Hall–Kier alpha value is -0.910. The Bertz CT molecular complexity index is 565. The molecular formula is C15H25NO3S. The standard InChI is InChI=1S/C15H25NO3S/c1-10(2)6-12(4)16-20(18,19)15-8-14(9-17)7-11(3)13(15)5/h7-8,10,12,16-17H,6,9H2,1-5H3. The highest BCUT2D eigenvalue weighted by molar-refractivity contribution is 7.89. The molecule has 0 radical (unpaired) electrons. The first kappa shape index (κ1) is 17.1. The average Bonchev–Trinajstić information content (AvgIpc) is 2.30. The molecule has 2 N–H and O–H groups in total. The van der Waals surface area contributed by atoms with Crippen molar-refractivity contribution in [3.05, 3.63) is 28.8 Å². The average molecular weight is 299 g/mol. The van der Waals surface area contributed by atoms with Crippen LogP contribution in [0.2, 0.25) is 0 Å². The van der Waals surface area contributed by atoms with Gasteiger partial charge in [-0.1, -0.05) is 19.9 Å². The van der Waals surface area contributed by atoms with Crippen LogP contribution in [0.25, 0.3) is 0 Å². The maximum absolute atomic E-state index is 12.5. The lowest BCUT2D eigenvalue weighted by Crippen LogP contribution is -2.34. The maximum atomic E-state index is 12.5. The Morgan fingerprint density at radius 2 is 1.80 bits per heavy atom. The van der Waals surface area contributed by atoms with E-state index in [9.17, 15) is 13.5 Å². The summed E-state index contributed by atoms with van der Waals surface area (Å²) in [5.74, 6) is 0.430. The van der Waals surface area contributed by atoms with Crippen LogP contribution >= 0.6 is 0 Å². The summed E-state index contributed by atoms with van der Waals surface area (Å²) in [6, 6.07) is 3.25. The number of nitrogens with one attached hydrogen (secondary N) is 1. The van der Waals surface area contributed by atoms with E-state index in [4.69, 9.17) is 0 Å². The van der Waals surface area contributed by atoms with E-state index >= 15 is 0 Å². The molecule has 1 atom stereocenters. The second-order valence-electron chi connectivity index (χ2n) is 5.85. The molecule has 114 valence electrons. The molecule has 1 aromatic carbocycles. The Morgan fingerprint density at radius 3 is 2.30 bits per heavy atom. The molecule has 0 aromatic heterocycles. The minimum Gasteiger partial charge on any atom is -0.392 e. The molecule has 1 unspecified atom stereocenters. The lowest BCUT2D eigenvalue weighted by Gasteiger charge is -2.18. The topological polar surface area (TPSA) is 66.4 Å². The van der Waals surface area contributed by atoms with Crippen molar-refractivity contribution >= 4 is 10.0 Å². The van der Waals surface area contributed by atoms with Crippen molar-refractivity contribution in [2.24, 2.45) is 5.92 Å². The molecule has 0 saturated heterocycles. The summed E-state index contributed by atoms with van der Waals surface area (Å²) >= 11 is 0. The zero-order chi connectivity index (χ0) is 15.5. The van der Waals surface area contributed by atoms with Crippen LogP contribution in [0.4, 0.5) is 0 Å². The van der Waals surface area contributed by atoms with Crippen LogP contribution in [0.1, 0.15) is 43.9 Å². The first-order valence-corrected chi connectivity index (χ1v) is 8.39. The lowest BCUT2D eigenvalue weighted by molar-refractivity contribution is 0.281. The van der Waals surface area contributed by atoms with E-state index in [2.05, 4.69) is 18.6 Å². The Morgan fingerprint density at radius 1 is 1.20 bits per heavy atom. The van der Waals surface area contributed by atoms with Gasteiger partial charge in [-0.25, -0.2) is 13.1 Å². The van der Waals surface area contributed by atoms with Gasteiger partial charge in [0.1, 0.15) is 0 Å². The van der Waals surface area contributed by atoms with Gasteiger partial charge in [0.15, 0.2) is 0 Å². The maximum Gasteiger partial charge on any atom is 0.241 e. The van der Waals surface area contributed by atoms with Crippen molar-refractivity contribution in [3.63, 3.8) is 0 Å².